The van der Waals surface area contributed by atoms with E-state index in [0.717, 1.165) is 5.56 Å². The highest BCUT2D eigenvalue weighted by molar-refractivity contribution is 5.81. The highest BCUT2D eigenvalue weighted by atomic mass is 16.1. The van der Waals surface area contributed by atoms with Crippen LogP contribution in [0.25, 0.3) is 0 Å². The molecular formula is C13H15NO. The summed E-state index contributed by atoms with van der Waals surface area (Å²) in [6.07, 6.45) is 1.63. The fraction of sp³-hybridized carbons (Fsp3) is 0.308. The van der Waals surface area contributed by atoms with Crippen LogP contribution in [0, 0.1) is 11.8 Å². The van der Waals surface area contributed by atoms with Crippen LogP contribution in [-0.4, -0.2) is 5.78 Å². The van der Waals surface area contributed by atoms with Crippen LogP contribution < -0.4 is 5.73 Å². The molecule has 0 heterocycles. The molecule has 1 rings (SSSR count). The molecule has 1 aromatic carbocycles. The second-order valence-electron chi connectivity index (χ2n) is 3.39. The van der Waals surface area contributed by atoms with E-state index in [2.05, 4.69) is 11.8 Å². The second-order valence-corrected chi connectivity index (χ2v) is 3.39. The molecule has 0 saturated carbocycles. The Bertz CT molecular complexity index is 398. The van der Waals surface area contributed by atoms with Gasteiger partial charge in [0.2, 0.25) is 0 Å². The average molecular weight is 201 g/mol. The lowest BCUT2D eigenvalue weighted by Gasteiger charge is -2.00. The first-order valence-corrected chi connectivity index (χ1v) is 4.98. The van der Waals surface area contributed by atoms with E-state index >= 15 is 0 Å². The maximum absolute atomic E-state index is 11.5. The van der Waals surface area contributed by atoms with E-state index in [9.17, 15) is 4.79 Å². The van der Waals surface area contributed by atoms with E-state index < -0.39 is 0 Å². The van der Waals surface area contributed by atoms with Crippen molar-refractivity contribution in [2.24, 2.45) is 0 Å². The van der Waals surface area contributed by atoms with E-state index in [1.807, 2.05) is 24.3 Å². The highest BCUT2D eigenvalue weighted by Gasteiger charge is 2.02. The number of nitrogen functional groups attached to an aromatic ring is 1. The van der Waals surface area contributed by atoms with Crippen LogP contribution in [0.2, 0.25) is 0 Å². The van der Waals surface area contributed by atoms with Crippen molar-refractivity contribution in [2.45, 2.75) is 26.2 Å². The zero-order valence-electron chi connectivity index (χ0n) is 8.92. The summed E-state index contributed by atoms with van der Waals surface area (Å²) in [5.74, 6) is 5.87. The Morgan fingerprint density at radius 2 is 2.27 bits per heavy atom. The first kappa shape index (κ1) is 11.3. The quantitative estimate of drug-likeness (QED) is 0.599. The van der Waals surface area contributed by atoms with Crippen molar-refractivity contribution in [1.82, 2.24) is 0 Å². The summed E-state index contributed by atoms with van der Waals surface area (Å²) in [6, 6.07) is 7.43. The van der Waals surface area contributed by atoms with Gasteiger partial charge in [-0.1, -0.05) is 12.1 Å². The Balaban J connectivity index is 2.46. The summed E-state index contributed by atoms with van der Waals surface area (Å²) in [5, 5.41) is 0. The SMILES string of the molecule is CC#CCCC(=O)Cc1cccc(N)c1. The molecule has 0 spiro atoms. The summed E-state index contributed by atoms with van der Waals surface area (Å²) in [6.45, 7) is 1.78. The lowest BCUT2D eigenvalue weighted by atomic mass is 10.1. The van der Waals surface area contributed by atoms with Gasteiger partial charge in [-0.25, -0.2) is 0 Å². The number of rotatable bonds is 4. The molecule has 2 nitrogen and oxygen atoms in total. The molecule has 0 bridgehead atoms. The van der Waals surface area contributed by atoms with Gasteiger partial charge in [-0.15, -0.1) is 11.8 Å². The third kappa shape index (κ3) is 4.33. The molecule has 0 radical (unpaired) electrons. The molecule has 15 heavy (non-hydrogen) atoms. The summed E-state index contributed by atoms with van der Waals surface area (Å²) >= 11 is 0. The van der Waals surface area contributed by atoms with Crippen LogP contribution >= 0.6 is 0 Å². The first-order chi connectivity index (χ1) is 7.22. The highest BCUT2D eigenvalue weighted by Crippen LogP contribution is 2.08. The molecule has 2 heteroatoms. The Morgan fingerprint density at radius 3 is 2.93 bits per heavy atom. The fourth-order valence-corrected chi connectivity index (χ4v) is 1.35. The minimum atomic E-state index is 0.211. The predicted molar refractivity (Wildman–Crippen MR) is 62.2 cm³/mol. The van der Waals surface area contributed by atoms with Crippen LogP contribution in [0.5, 0.6) is 0 Å². The Labute approximate surface area is 90.5 Å². The van der Waals surface area contributed by atoms with Crippen LogP contribution in [0.15, 0.2) is 24.3 Å². The van der Waals surface area contributed by atoms with E-state index in [1.165, 1.54) is 0 Å². The van der Waals surface area contributed by atoms with Gasteiger partial charge in [0, 0.05) is 24.9 Å². The van der Waals surface area contributed by atoms with Gasteiger partial charge in [-0.3, -0.25) is 4.79 Å². The van der Waals surface area contributed by atoms with Crippen molar-refractivity contribution in [2.75, 3.05) is 5.73 Å². The van der Waals surface area contributed by atoms with Crippen LogP contribution in [0.1, 0.15) is 25.3 Å². The molecule has 78 valence electrons. The van der Waals surface area contributed by atoms with Crippen LogP contribution in [0.4, 0.5) is 5.69 Å². The molecule has 0 aliphatic carbocycles. The van der Waals surface area contributed by atoms with Gasteiger partial charge in [-0.2, -0.15) is 0 Å². The zero-order valence-corrected chi connectivity index (χ0v) is 8.92. The van der Waals surface area contributed by atoms with Crippen LogP contribution in [-0.2, 0) is 11.2 Å². The Hall–Kier alpha value is -1.75. The van der Waals surface area contributed by atoms with Gasteiger partial charge >= 0.3 is 0 Å². The maximum atomic E-state index is 11.5. The number of carbonyl (C=O) groups is 1. The summed E-state index contributed by atoms with van der Waals surface area (Å²) in [5.41, 5.74) is 7.30. The smallest absolute Gasteiger partial charge is 0.138 e. The summed E-state index contributed by atoms with van der Waals surface area (Å²) in [4.78, 5) is 11.5. The molecule has 0 aliphatic rings. The van der Waals surface area contributed by atoms with Gasteiger partial charge in [0.25, 0.3) is 0 Å². The maximum Gasteiger partial charge on any atom is 0.138 e. The van der Waals surface area contributed by atoms with E-state index in [1.54, 1.807) is 6.92 Å². The number of benzene rings is 1. The molecule has 0 saturated heterocycles. The second kappa shape index (κ2) is 5.87. The van der Waals surface area contributed by atoms with Crippen molar-refractivity contribution >= 4 is 11.5 Å². The zero-order chi connectivity index (χ0) is 11.1. The number of anilines is 1. The first-order valence-electron chi connectivity index (χ1n) is 4.98. The van der Waals surface area contributed by atoms with Crippen molar-refractivity contribution < 1.29 is 4.79 Å². The molecule has 0 aromatic heterocycles. The average Bonchev–Trinajstić information content (AvgIpc) is 2.18. The summed E-state index contributed by atoms with van der Waals surface area (Å²) < 4.78 is 0. The van der Waals surface area contributed by atoms with E-state index in [-0.39, 0.29) is 5.78 Å². The minimum absolute atomic E-state index is 0.211. The lowest BCUT2D eigenvalue weighted by Crippen LogP contribution is -2.02. The van der Waals surface area contributed by atoms with Gasteiger partial charge in [0.1, 0.15) is 5.78 Å². The van der Waals surface area contributed by atoms with Gasteiger partial charge in [0.15, 0.2) is 0 Å². The van der Waals surface area contributed by atoms with Crippen molar-refractivity contribution in [1.29, 1.82) is 0 Å². The van der Waals surface area contributed by atoms with E-state index in [0.29, 0.717) is 24.9 Å². The predicted octanol–water partition coefficient (Wildman–Crippen LogP) is 2.18. The van der Waals surface area contributed by atoms with Gasteiger partial charge in [0.05, 0.1) is 0 Å². The standard InChI is InChI=1S/C13H15NO/c1-2-3-4-8-13(15)10-11-6-5-7-12(14)9-11/h5-7,9H,4,8,10,14H2,1H3. The monoisotopic (exact) mass is 201 g/mol. The Morgan fingerprint density at radius 1 is 1.47 bits per heavy atom. The molecule has 0 amide bonds. The fourth-order valence-electron chi connectivity index (χ4n) is 1.35. The van der Waals surface area contributed by atoms with Crippen molar-refractivity contribution in [3.05, 3.63) is 29.8 Å². The normalized spacial score (nSPS) is 9.13. The number of hydrogen-bond donors (Lipinski definition) is 1. The third-order valence-corrected chi connectivity index (χ3v) is 2.06. The molecule has 0 fully saturated rings. The molecule has 1 aromatic rings. The lowest BCUT2D eigenvalue weighted by molar-refractivity contribution is -0.118. The van der Waals surface area contributed by atoms with Gasteiger partial charge < -0.3 is 5.73 Å². The summed E-state index contributed by atoms with van der Waals surface area (Å²) in [7, 11) is 0. The molecule has 0 atom stereocenters. The van der Waals surface area contributed by atoms with Crippen molar-refractivity contribution in [3.63, 3.8) is 0 Å². The number of ketones is 1. The third-order valence-electron chi connectivity index (χ3n) is 2.06. The Kier molecular flexibility index (Phi) is 4.43. The molecule has 2 N–H and O–H groups in total. The molecule has 0 unspecified atom stereocenters. The topological polar surface area (TPSA) is 43.1 Å². The van der Waals surface area contributed by atoms with Crippen LogP contribution in [0.3, 0.4) is 0 Å². The molecular weight excluding hydrogens is 186 g/mol. The number of Topliss-reactive ketones (excluding diaryl/α,β-unsaturated/α-hetero) is 1. The van der Waals surface area contributed by atoms with E-state index in [4.69, 9.17) is 5.73 Å². The largest absolute Gasteiger partial charge is 0.399 e. The van der Waals surface area contributed by atoms with Crippen molar-refractivity contribution in [3.8, 4) is 11.8 Å². The number of hydrogen-bond acceptors (Lipinski definition) is 2. The molecule has 0 aliphatic heterocycles. The number of carbonyl (C=O) groups excluding carboxylic acids is 1. The van der Waals surface area contributed by atoms with Gasteiger partial charge in [-0.05, 0) is 24.6 Å². The number of nitrogens with two attached hydrogens (primary N) is 1. The minimum Gasteiger partial charge on any atom is -0.399 e.